The smallest absolute Gasteiger partial charge is 0.153 e. The molecule has 0 aliphatic heterocycles. The van der Waals surface area contributed by atoms with Gasteiger partial charge in [-0.15, -0.1) is 0 Å². The summed E-state index contributed by atoms with van der Waals surface area (Å²) >= 11 is 0. The molecule has 1 aliphatic carbocycles. The number of hydrogen-bond donors (Lipinski definition) is 1. The van der Waals surface area contributed by atoms with E-state index in [4.69, 9.17) is 0 Å². The average molecular weight is 214 g/mol. The topological polar surface area (TPSA) is 42.7 Å². The fourth-order valence-corrected chi connectivity index (χ4v) is 1.80. The fourth-order valence-electron chi connectivity index (χ4n) is 1.80. The van der Waals surface area contributed by atoms with E-state index in [2.05, 4.69) is 21.5 Å². The highest BCUT2D eigenvalue weighted by atomic mass is 15.3. The number of pyridine rings is 1. The van der Waals surface area contributed by atoms with Gasteiger partial charge in [0.2, 0.25) is 0 Å². The Morgan fingerprint density at radius 3 is 2.81 bits per heavy atom. The second kappa shape index (κ2) is 3.96. The van der Waals surface area contributed by atoms with Crippen molar-refractivity contribution in [2.24, 2.45) is 0 Å². The van der Waals surface area contributed by atoms with Crippen LogP contribution in [0.3, 0.4) is 0 Å². The molecule has 1 fully saturated rings. The first-order valence-electron chi connectivity index (χ1n) is 5.64. The molecule has 0 saturated heterocycles. The van der Waals surface area contributed by atoms with Crippen molar-refractivity contribution >= 4 is 5.69 Å². The normalized spacial score (nSPS) is 15.8. The van der Waals surface area contributed by atoms with Crippen molar-refractivity contribution in [3.8, 4) is 5.82 Å². The highest BCUT2D eigenvalue weighted by Gasteiger charge is 2.16. The van der Waals surface area contributed by atoms with Crippen molar-refractivity contribution in [2.75, 3.05) is 5.32 Å². The van der Waals surface area contributed by atoms with E-state index in [9.17, 15) is 0 Å². The van der Waals surface area contributed by atoms with Crippen LogP contribution in [0.15, 0.2) is 36.8 Å². The van der Waals surface area contributed by atoms with Gasteiger partial charge >= 0.3 is 0 Å². The van der Waals surface area contributed by atoms with Crippen LogP contribution in [-0.4, -0.2) is 20.8 Å². The van der Waals surface area contributed by atoms with Crippen molar-refractivity contribution in [1.29, 1.82) is 0 Å². The van der Waals surface area contributed by atoms with Crippen LogP contribution in [-0.2, 0) is 0 Å². The first kappa shape index (κ1) is 9.39. The van der Waals surface area contributed by atoms with Crippen LogP contribution in [0.4, 0.5) is 5.69 Å². The average Bonchev–Trinajstić information content (AvgIpc) is 2.78. The molecule has 4 nitrogen and oxygen atoms in total. The first-order chi connectivity index (χ1) is 7.92. The summed E-state index contributed by atoms with van der Waals surface area (Å²) in [5.74, 6) is 0.851. The molecule has 4 heteroatoms. The van der Waals surface area contributed by atoms with E-state index in [0.717, 1.165) is 11.5 Å². The Morgan fingerprint density at radius 2 is 2.25 bits per heavy atom. The molecular formula is C12H14N4. The summed E-state index contributed by atoms with van der Waals surface area (Å²) in [7, 11) is 0. The second-order valence-corrected chi connectivity index (χ2v) is 4.13. The molecular weight excluding hydrogens is 200 g/mol. The molecule has 0 spiro atoms. The quantitative estimate of drug-likeness (QED) is 0.852. The Balaban J connectivity index is 1.74. The van der Waals surface area contributed by atoms with Gasteiger partial charge in [0.25, 0.3) is 0 Å². The molecule has 1 saturated carbocycles. The Hall–Kier alpha value is -1.84. The zero-order valence-electron chi connectivity index (χ0n) is 9.00. The zero-order valence-corrected chi connectivity index (χ0v) is 9.00. The van der Waals surface area contributed by atoms with Gasteiger partial charge in [-0.1, -0.05) is 0 Å². The van der Waals surface area contributed by atoms with Gasteiger partial charge in [0, 0.05) is 18.4 Å². The van der Waals surface area contributed by atoms with Gasteiger partial charge in [-0.05, 0) is 37.5 Å². The largest absolute Gasteiger partial charge is 0.381 e. The fraction of sp³-hybridized carbons (Fsp3) is 0.333. The Morgan fingerprint density at radius 1 is 1.31 bits per heavy atom. The van der Waals surface area contributed by atoms with Crippen LogP contribution in [0, 0.1) is 0 Å². The maximum absolute atomic E-state index is 4.37. The monoisotopic (exact) mass is 214 g/mol. The van der Waals surface area contributed by atoms with Crippen LogP contribution >= 0.6 is 0 Å². The van der Waals surface area contributed by atoms with Crippen LogP contribution < -0.4 is 5.32 Å². The molecule has 0 radical (unpaired) electrons. The lowest BCUT2D eigenvalue weighted by molar-refractivity contribution is 0.445. The van der Waals surface area contributed by atoms with Crippen molar-refractivity contribution < 1.29 is 0 Å². The molecule has 0 bridgehead atoms. The number of nitrogens with one attached hydrogen (secondary N) is 1. The van der Waals surface area contributed by atoms with E-state index < -0.39 is 0 Å². The Bertz CT molecular complexity index is 442. The maximum Gasteiger partial charge on any atom is 0.153 e. The van der Waals surface area contributed by atoms with E-state index in [-0.39, 0.29) is 0 Å². The van der Waals surface area contributed by atoms with Gasteiger partial charge < -0.3 is 5.32 Å². The molecule has 0 amide bonds. The molecule has 82 valence electrons. The summed E-state index contributed by atoms with van der Waals surface area (Å²) in [6.45, 7) is 0. The van der Waals surface area contributed by atoms with Crippen LogP contribution in [0.25, 0.3) is 5.82 Å². The molecule has 1 N–H and O–H groups in total. The van der Waals surface area contributed by atoms with Crippen molar-refractivity contribution in [3.05, 3.63) is 36.8 Å². The SMILES string of the molecule is c1cnn(-c2ccc(NC3CCC3)cn2)c1. The van der Waals surface area contributed by atoms with Crippen molar-refractivity contribution in [2.45, 2.75) is 25.3 Å². The summed E-state index contributed by atoms with van der Waals surface area (Å²) in [6.07, 6.45) is 9.41. The number of nitrogens with zero attached hydrogens (tertiary/aromatic N) is 3. The third-order valence-electron chi connectivity index (χ3n) is 2.96. The molecule has 3 rings (SSSR count). The summed E-state index contributed by atoms with van der Waals surface area (Å²) in [4.78, 5) is 4.37. The van der Waals surface area contributed by atoms with E-state index >= 15 is 0 Å². The number of anilines is 1. The third-order valence-corrected chi connectivity index (χ3v) is 2.96. The summed E-state index contributed by atoms with van der Waals surface area (Å²) in [5, 5.41) is 7.60. The van der Waals surface area contributed by atoms with Crippen LogP contribution in [0.5, 0.6) is 0 Å². The lowest BCUT2D eigenvalue weighted by Gasteiger charge is -2.27. The van der Waals surface area contributed by atoms with E-state index in [0.29, 0.717) is 6.04 Å². The molecule has 1 aliphatic rings. The molecule has 0 aromatic carbocycles. The highest BCUT2D eigenvalue weighted by Crippen LogP contribution is 2.22. The lowest BCUT2D eigenvalue weighted by atomic mass is 9.93. The van der Waals surface area contributed by atoms with Gasteiger partial charge in [-0.3, -0.25) is 0 Å². The second-order valence-electron chi connectivity index (χ2n) is 4.13. The standard InChI is InChI=1S/C12H14N4/c1-3-10(4-1)15-11-5-6-12(13-9-11)16-8-2-7-14-16/h2,5-10,15H,1,3-4H2. The van der Waals surface area contributed by atoms with Gasteiger partial charge in [-0.25, -0.2) is 9.67 Å². The van der Waals surface area contributed by atoms with Crippen molar-refractivity contribution in [1.82, 2.24) is 14.8 Å². The zero-order chi connectivity index (χ0) is 10.8. The number of aromatic nitrogens is 3. The highest BCUT2D eigenvalue weighted by molar-refractivity contribution is 5.44. The summed E-state index contributed by atoms with van der Waals surface area (Å²) < 4.78 is 1.76. The molecule has 0 atom stereocenters. The molecule has 2 aromatic heterocycles. The van der Waals surface area contributed by atoms with E-state index in [1.807, 2.05) is 24.5 Å². The summed E-state index contributed by atoms with van der Waals surface area (Å²) in [6, 6.07) is 6.58. The first-order valence-corrected chi connectivity index (χ1v) is 5.64. The van der Waals surface area contributed by atoms with Crippen LogP contribution in [0.1, 0.15) is 19.3 Å². The summed E-state index contributed by atoms with van der Waals surface area (Å²) in [5.41, 5.74) is 1.10. The van der Waals surface area contributed by atoms with Crippen LogP contribution in [0.2, 0.25) is 0 Å². The predicted octanol–water partition coefficient (Wildman–Crippen LogP) is 2.23. The Labute approximate surface area is 94.3 Å². The van der Waals surface area contributed by atoms with Gasteiger partial charge in [0.15, 0.2) is 5.82 Å². The van der Waals surface area contributed by atoms with Crippen molar-refractivity contribution in [3.63, 3.8) is 0 Å². The molecule has 2 aromatic rings. The predicted molar refractivity (Wildman–Crippen MR) is 62.6 cm³/mol. The minimum Gasteiger partial charge on any atom is -0.381 e. The minimum absolute atomic E-state index is 0.650. The Kier molecular flexibility index (Phi) is 2.33. The van der Waals surface area contributed by atoms with Gasteiger partial charge in [0.05, 0.1) is 11.9 Å². The minimum atomic E-state index is 0.650. The van der Waals surface area contributed by atoms with E-state index in [1.165, 1.54) is 19.3 Å². The number of rotatable bonds is 3. The van der Waals surface area contributed by atoms with Gasteiger partial charge in [0.1, 0.15) is 0 Å². The molecule has 2 heterocycles. The third kappa shape index (κ3) is 1.78. The molecule has 16 heavy (non-hydrogen) atoms. The van der Waals surface area contributed by atoms with Gasteiger partial charge in [-0.2, -0.15) is 5.10 Å². The molecule has 0 unspecified atom stereocenters. The lowest BCUT2D eigenvalue weighted by Crippen LogP contribution is -2.26. The van der Waals surface area contributed by atoms with E-state index in [1.54, 1.807) is 10.9 Å². The number of hydrogen-bond acceptors (Lipinski definition) is 3. The maximum atomic E-state index is 4.37.